The van der Waals surface area contributed by atoms with Crippen molar-refractivity contribution in [1.82, 2.24) is 15.5 Å². The Morgan fingerprint density at radius 3 is 2.89 bits per heavy atom. The van der Waals surface area contributed by atoms with E-state index in [9.17, 15) is 0 Å². The third-order valence-corrected chi connectivity index (χ3v) is 3.82. The maximum absolute atomic E-state index is 4.29. The fourth-order valence-electron chi connectivity index (χ4n) is 2.74. The van der Waals surface area contributed by atoms with Gasteiger partial charge in [0.2, 0.25) is 0 Å². The third kappa shape index (κ3) is 2.68. The van der Waals surface area contributed by atoms with Gasteiger partial charge in [0.1, 0.15) is 0 Å². The third-order valence-electron chi connectivity index (χ3n) is 3.82. The molecule has 0 aliphatic carbocycles. The molecule has 2 N–H and O–H groups in total. The molecule has 100 valence electrons. The van der Waals surface area contributed by atoms with Crippen LogP contribution in [0.15, 0.2) is 24.3 Å². The van der Waals surface area contributed by atoms with Crippen LogP contribution in [0.2, 0.25) is 0 Å². The highest BCUT2D eigenvalue weighted by Gasteiger charge is 2.13. The van der Waals surface area contributed by atoms with Crippen LogP contribution in [0.5, 0.6) is 0 Å². The predicted molar refractivity (Wildman–Crippen MR) is 78.4 cm³/mol. The Kier molecular flexibility index (Phi) is 3.60. The Labute approximate surface area is 113 Å². The summed E-state index contributed by atoms with van der Waals surface area (Å²) in [7, 11) is 0. The minimum atomic E-state index is 0.664. The van der Waals surface area contributed by atoms with Crippen LogP contribution in [-0.4, -0.2) is 29.3 Å². The number of rotatable bonds is 4. The summed E-state index contributed by atoms with van der Waals surface area (Å²) >= 11 is 0. The second-order valence-corrected chi connectivity index (χ2v) is 5.19. The van der Waals surface area contributed by atoms with Crippen molar-refractivity contribution in [3.05, 3.63) is 30.0 Å². The number of aromatic nitrogens is 2. The average Bonchev–Trinajstić information content (AvgIpc) is 2.95. The summed E-state index contributed by atoms with van der Waals surface area (Å²) in [6.07, 6.45) is 3.74. The van der Waals surface area contributed by atoms with Crippen molar-refractivity contribution in [1.29, 1.82) is 0 Å². The molecular weight excluding hydrogens is 236 g/mol. The van der Waals surface area contributed by atoms with Gasteiger partial charge in [0.15, 0.2) is 5.82 Å². The molecule has 3 rings (SSSR count). The molecule has 0 bridgehead atoms. The highest BCUT2D eigenvalue weighted by atomic mass is 15.2. The van der Waals surface area contributed by atoms with E-state index in [0.29, 0.717) is 6.04 Å². The van der Waals surface area contributed by atoms with Crippen LogP contribution in [0.3, 0.4) is 0 Å². The summed E-state index contributed by atoms with van der Waals surface area (Å²) in [4.78, 5) is 0. The number of hydrogen-bond acceptors (Lipinski definition) is 4. The van der Waals surface area contributed by atoms with E-state index in [2.05, 4.69) is 33.0 Å². The molecule has 0 saturated carbocycles. The van der Waals surface area contributed by atoms with Gasteiger partial charge < -0.3 is 10.6 Å². The van der Waals surface area contributed by atoms with Crippen LogP contribution in [0.4, 0.5) is 5.82 Å². The van der Waals surface area contributed by atoms with Crippen LogP contribution in [0.1, 0.15) is 25.0 Å². The summed E-state index contributed by atoms with van der Waals surface area (Å²) in [5.41, 5.74) is 0.985. The van der Waals surface area contributed by atoms with Crippen molar-refractivity contribution in [3.8, 4) is 0 Å². The van der Waals surface area contributed by atoms with Gasteiger partial charge in [-0.05, 0) is 32.7 Å². The Hall–Kier alpha value is -1.68. The predicted octanol–water partition coefficient (Wildman–Crippen LogP) is 2.49. The normalized spacial score (nSPS) is 18.9. The minimum absolute atomic E-state index is 0.664. The molecule has 4 nitrogen and oxygen atoms in total. The fourth-order valence-corrected chi connectivity index (χ4v) is 2.74. The van der Waals surface area contributed by atoms with Crippen molar-refractivity contribution in [3.63, 3.8) is 0 Å². The van der Waals surface area contributed by atoms with E-state index in [1.807, 2.05) is 19.1 Å². The van der Waals surface area contributed by atoms with E-state index in [4.69, 9.17) is 0 Å². The van der Waals surface area contributed by atoms with E-state index in [1.165, 1.54) is 18.2 Å². The molecule has 1 atom stereocenters. The van der Waals surface area contributed by atoms with Crippen molar-refractivity contribution in [2.45, 2.75) is 32.2 Å². The molecule has 4 heteroatoms. The van der Waals surface area contributed by atoms with Crippen LogP contribution >= 0.6 is 0 Å². The van der Waals surface area contributed by atoms with Gasteiger partial charge in [-0.2, -0.15) is 5.10 Å². The first-order valence-electron chi connectivity index (χ1n) is 7.04. The molecule has 0 spiro atoms. The smallest absolute Gasteiger partial charge is 0.156 e. The molecule has 0 unspecified atom stereocenters. The lowest BCUT2D eigenvalue weighted by Crippen LogP contribution is -2.24. The van der Waals surface area contributed by atoms with Gasteiger partial charge in [0, 0.05) is 23.4 Å². The zero-order valence-electron chi connectivity index (χ0n) is 11.3. The number of aryl methyl sites for hydroxylation is 1. The highest BCUT2D eigenvalue weighted by Crippen LogP contribution is 2.22. The fraction of sp³-hybridized carbons (Fsp3) is 0.467. The number of nitrogens with one attached hydrogen (secondary N) is 2. The Morgan fingerprint density at radius 1 is 1.26 bits per heavy atom. The second-order valence-electron chi connectivity index (χ2n) is 5.19. The monoisotopic (exact) mass is 256 g/mol. The van der Waals surface area contributed by atoms with Crippen molar-refractivity contribution < 1.29 is 0 Å². The summed E-state index contributed by atoms with van der Waals surface area (Å²) in [5.74, 6) is 0.902. The lowest BCUT2D eigenvalue weighted by Gasteiger charge is -2.12. The molecule has 2 heterocycles. The van der Waals surface area contributed by atoms with E-state index in [0.717, 1.165) is 36.4 Å². The van der Waals surface area contributed by atoms with Gasteiger partial charge in [0.05, 0.1) is 5.69 Å². The molecule has 2 aromatic rings. The van der Waals surface area contributed by atoms with Gasteiger partial charge in [-0.1, -0.05) is 24.3 Å². The topological polar surface area (TPSA) is 49.8 Å². The quantitative estimate of drug-likeness (QED) is 0.882. The van der Waals surface area contributed by atoms with E-state index >= 15 is 0 Å². The summed E-state index contributed by atoms with van der Waals surface area (Å²) in [5, 5.41) is 17.8. The van der Waals surface area contributed by atoms with Gasteiger partial charge in [-0.25, -0.2) is 0 Å². The standard InChI is InChI=1S/C15H20N4/c1-11-13-6-2-3-7-14(13)15(19-18-11)17-10-8-12-5-4-9-16-12/h2-3,6-7,12,16H,4-5,8-10H2,1H3,(H,17,19)/t12-/m1/s1. The first kappa shape index (κ1) is 12.4. The molecule has 19 heavy (non-hydrogen) atoms. The number of fused-ring (bicyclic) bond motifs is 1. The van der Waals surface area contributed by atoms with Gasteiger partial charge >= 0.3 is 0 Å². The first-order chi connectivity index (χ1) is 9.34. The lowest BCUT2D eigenvalue weighted by molar-refractivity contribution is 0.574. The van der Waals surface area contributed by atoms with Crippen LogP contribution in [0.25, 0.3) is 10.8 Å². The molecule has 1 aromatic heterocycles. The van der Waals surface area contributed by atoms with E-state index in [-0.39, 0.29) is 0 Å². The summed E-state index contributed by atoms with van der Waals surface area (Å²) in [6.45, 7) is 4.11. The second kappa shape index (κ2) is 5.53. The maximum atomic E-state index is 4.29. The summed E-state index contributed by atoms with van der Waals surface area (Å²) in [6, 6.07) is 8.96. The number of benzene rings is 1. The zero-order chi connectivity index (χ0) is 13.1. The molecule has 1 aliphatic rings. The van der Waals surface area contributed by atoms with Crippen LogP contribution < -0.4 is 10.6 Å². The van der Waals surface area contributed by atoms with Crippen LogP contribution in [-0.2, 0) is 0 Å². The molecular formula is C15H20N4. The largest absolute Gasteiger partial charge is 0.368 e. The Bertz CT molecular complexity index is 561. The zero-order valence-corrected chi connectivity index (χ0v) is 11.3. The van der Waals surface area contributed by atoms with Crippen molar-refractivity contribution in [2.75, 3.05) is 18.4 Å². The van der Waals surface area contributed by atoms with Gasteiger partial charge in [-0.15, -0.1) is 5.10 Å². The van der Waals surface area contributed by atoms with Gasteiger partial charge in [-0.3, -0.25) is 0 Å². The molecule has 1 saturated heterocycles. The molecule has 1 fully saturated rings. The number of hydrogen-bond donors (Lipinski definition) is 2. The molecule has 1 aromatic carbocycles. The highest BCUT2D eigenvalue weighted by molar-refractivity contribution is 5.92. The molecule has 1 aliphatic heterocycles. The Morgan fingerprint density at radius 2 is 2.11 bits per heavy atom. The Balaban J connectivity index is 1.72. The van der Waals surface area contributed by atoms with Gasteiger partial charge in [0.25, 0.3) is 0 Å². The minimum Gasteiger partial charge on any atom is -0.368 e. The van der Waals surface area contributed by atoms with E-state index in [1.54, 1.807) is 0 Å². The number of nitrogens with zero attached hydrogens (tertiary/aromatic N) is 2. The summed E-state index contributed by atoms with van der Waals surface area (Å²) < 4.78 is 0. The number of anilines is 1. The van der Waals surface area contributed by atoms with Crippen molar-refractivity contribution in [2.24, 2.45) is 0 Å². The average molecular weight is 256 g/mol. The van der Waals surface area contributed by atoms with Crippen molar-refractivity contribution >= 4 is 16.6 Å². The first-order valence-corrected chi connectivity index (χ1v) is 7.04. The van der Waals surface area contributed by atoms with E-state index < -0.39 is 0 Å². The molecule has 0 amide bonds. The SMILES string of the molecule is Cc1nnc(NCC[C@H]2CCCN2)c2ccccc12. The lowest BCUT2D eigenvalue weighted by atomic mass is 10.1. The maximum Gasteiger partial charge on any atom is 0.156 e. The molecule has 0 radical (unpaired) electrons. The van der Waals surface area contributed by atoms with Crippen LogP contribution in [0, 0.1) is 6.92 Å².